The van der Waals surface area contributed by atoms with E-state index in [4.69, 9.17) is 13.9 Å². The van der Waals surface area contributed by atoms with Crippen molar-refractivity contribution in [2.45, 2.75) is 31.9 Å². The van der Waals surface area contributed by atoms with Crippen molar-refractivity contribution >= 4 is 12.1 Å². The zero-order valence-electron chi connectivity index (χ0n) is 17.0. The van der Waals surface area contributed by atoms with Crippen molar-refractivity contribution in [3.8, 4) is 23.0 Å². The molecule has 1 saturated heterocycles. The number of nitrogens with zero attached hydrogens (tertiary/aromatic N) is 1. The first kappa shape index (κ1) is 20.5. The highest BCUT2D eigenvalue weighted by atomic mass is 16.6. The maximum atomic E-state index is 11.5. The van der Waals surface area contributed by atoms with Crippen LogP contribution in [0.1, 0.15) is 24.1 Å². The Morgan fingerprint density at radius 1 is 1.10 bits per heavy atom. The van der Waals surface area contributed by atoms with Crippen LogP contribution in [0, 0.1) is 0 Å². The normalized spacial score (nSPS) is 15.5. The van der Waals surface area contributed by atoms with Gasteiger partial charge in [-0.1, -0.05) is 24.3 Å². The van der Waals surface area contributed by atoms with Crippen molar-refractivity contribution in [3.05, 3.63) is 66.1 Å². The van der Waals surface area contributed by atoms with E-state index in [1.165, 1.54) is 0 Å². The van der Waals surface area contributed by atoms with E-state index in [0.29, 0.717) is 35.9 Å². The van der Waals surface area contributed by atoms with Gasteiger partial charge in [-0.25, -0.2) is 14.6 Å². The molecule has 1 aliphatic rings. The van der Waals surface area contributed by atoms with E-state index in [0.717, 1.165) is 17.5 Å². The van der Waals surface area contributed by atoms with Crippen molar-refractivity contribution < 1.29 is 28.2 Å². The van der Waals surface area contributed by atoms with Gasteiger partial charge in [0.05, 0.1) is 7.11 Å². The number of esters is 1. The van der Waals surface area contributed by atoms with Crippen LogP contribution in [0.15, 0.2) is 59.2 Å². The summed E-state index contributed by atoms with van der Waals surface area (Å²) in [7, 11) is 1.58. The molecule has 0 bridgehead atoms. The number of carbonyl (C=O) groups is 2. The van der Waals surface area contributed by atoms with Crippen LogP contribution in [0.25, 0.3) is 11.5 Å². The van der Waals surface area contributed by atoms with Crippen molar-refractivity contribution in [2.75, 3.05) is 7.11 Å². The molecule has 2 heterocycles. The fraction of sp³-hybridized carbons (Fsp3) is 0.261. The van der Waals surface area contributed by atoms with Crippen LogP contribution in [0.2, 0.25) is 0 Å². The smallest absolute Gasteiger partial charge is 0.415 e. The zero-order valence-corrected chi connectivity index (χ0v) is 17.0. The molecule has 31 heavy (non-hydrogen) atoms. The number of hydrogen-bond acceptors (Lipinski definition) is 7. The van der Waals surface area contributed by atoms with Crippen molar-refractivity contribution in [1.82, 2.24) is 10.3 Å². The van der Waals surface area contributed by atoms with Crippen LogP contribution < -0.4 is 14.8 Å². The first-order valence-corrected chi connectivity index (χ1v) is 9.94. The van der Waals surface area contributed by atoms with E-state index in [2.05, 4.69) is 15.0 Å². The number of cyclic esters (lactones) is 2. The zero-order chi connectivity index (χ0) is 21.6. The lowest BCUT2D eigenvalue weighted by Crippen LogP contribution is -2.28. The Morgan fingerprint density at radius 3 is 2.68 bits per heavy atom. The van der Waals surface area contributed by atoms with Crippen molar-refractivity contribution in [1.29, 1.82) is 0 Å². The molecule has 1 aromatic heterocycles. The summed E-state index contributed by atoms with van der Waals surface area (Å²) in [6, 6.07) is 14.8. The molecule has 0 aliphatic carbocycles. The molecule has 1 atom stereocenters. The number of carbonyl (C=O) groups excluding carboxylic acids is 2. The molecule has 1 N–H and O–H groups in total. The number of methoxy groups -OCH3 is 1. The summed E-state index contributed by atoms with van der Waals surface area (Å²) < 4.78 is 21.3. The molecule has 160 valence electrons. The van der Waals surface area contributed by atoms with Gasteiger partial charge in [0.15, 0.2) is 11.5 Å². The molecule has 0 saturated carbocycles. The number of nitrogens with one attached hydrogen (secondary N) is 1. The molecular weight excluding hydrogens is 400 g/mol. The van der Waals surface area contributed by atoms with Crippen LogP contribution in [0.5, 0.6) is 11.5 Å². The molecule has 2 aromatic carbocycles. The van der Waals surface area contributed by atoms with E-state index in [-0.39, 0.29) is 6.61 Å². The highest BCUT2D eigenvalue weighted by Crippen LogP contribution is 2.30. The molecular formula is C23H22N2O6. The molecule has 0 spiro atoms. The molecule has 8 nitrogen and oxygen atoms in total. The fourth-order valence-electron chi connectivity index (χ4n) is 3.32. The van der Waals surface area contributed by atoms with Gasteiger partial charge in [-0.2, -0.15) is 0 Å². The number of aromatic nitrogens is 1. The lowest BCUT2D eigenvalue weighted by molar-refractivity contribution is -0.135. The summed E-state index contributed by atoms with van der Waals surface area (Å²) in [5, 5.41) is 2.50. The SMILES string of the molecule is COc1cc(CCCC2NC(=O)OC2=O)ccc1OCc1coc(-c2ccccc2)n1. The molecule has 1 aliphatic heterocycles. The van der Waals surface area contributed by atoms with Gasteiger partial charge < -0.3 is 23.9 Å². The van der Waals surface area contributed by atoms with Crippen molar-refractivity contribution in [3.63, 3.8) is 0 Å². The highest BCUT2D eigenvalue weighted by molar-refractivity contribution is 5.95. The third-order valence-corrected chi connectivity index (χ3v) is 4.90. The Labute approximate surface area is 179 Å². The molecule has 4 rings (SSSR count). The maximum Gasteiger partial charge on any atom is 0.415 e. The van der Waals surface area contributed by atoms with Crippen LogP contribution in [-0.2, 0) is 22.6 Å². The second-order valence-corrected chi connectivity index (χ2v) is 7.08. The van der Waals surface area contributed by atoms with Gasteiger partial charge in [-0.3, -0.25) is 0 Å². The second kappa shape index (κ2) is 9.34. The molecule has 8 heteroatoms. The summed E-state index contributed by atoms with van der Waals surface area (Å²) >= 11 is 0. The quantitative estimate of drug-likeness (QED) is 0.412. The number of hydrogen-bond donors (Lipinski definition) is 1. The summed E-state index contributed by atoms with van der Waals surface area (Å²) in [6.45, 7) is 0.246. The van der Waals surface area contributed by atoms with Gasteiger partial charge in [-0.05, 0) is 49.1 Å². The predicted molar refractivity (Wildman–Crippen MR) is 111 cm³/mol. The lowest BCUT2D eigenvalue weighted by Gasteiger charge is -2.12. The van der Waals surface area contributed by atoms with Gasteiger partial charge in [0, 0.05) is 5.56 Å². The summed E-state index contributed by atoms with van der Waals surface area (Å²) in [4.78, 5) is 27.0. The third-order valence-electron chi connectivity index (χ3n) is 4.90. The van der Waals surface area contributed by atoms with Crippen molar-refractivity contribution in [2.24, 2.45) is 0 Å². The summed E-state index contributed by atoms with van der Waals surface area (Å²) in [5.74, 6) is 1.23. The molecule has 0 radical (unpaired) electrons. The topological polar surface area (TPSA) is 99.9 Å². The molecule has 1 amide bonds. The van der Waals surface area contributed by atoms with E-state index >= 15 is 0 Å². The van der Waals surface area contributed by atoms with Crippen LogP contribution in [-0.4, -0.2) is 30.2 Å². The van der Waals surface area contributed by atoms with E-state index < -0.39 is 18.1 Å². The van der Waals surface area contributed by atoms with Crippen LogP contribution >= 0.6 is 0 Å². The van der Waals surface area contributed by atoms with Crippen LogP contribution in [0.4, 0.5) is 4.79 Å². The minimum Gasteiger partial charge on any atom is -0.493 e. The molecule has 1 fully saturated rings. The second-order valence-electron chi connectivity index (χ2n) is 7.08. The van der Waals surface area contributed by atoms with Gasteiger partial charge in [-0.15, -0.1) is 0 Å². The standard InChI is InChI=1S/C23H22N2O6/c1-28-20-12-15(6-5-9-18-22(26)31-23(27)25-18)10-11-19(20)29-13-17-14-30-21(24-17)16-7-3-2-4-8-16/h2-4,7-8,10-12,14,18H,5-6,9,13H2,1H3,(H,25,27). The Bertz CT molecular complexity index is 1060. The highest BCUT2D eigenvalue weighted by Gasteiger charge is 2.31. The average Bonchev–Trinajstić information content (AvgIpc) is 3.39. The number of ether oxygens (including phenoxy) is 3. The first-order chi connectivity index (χ1) is 15.1. The Morgan fingerprint density at radius 2 is 1.94 bits per heavy atom. The number of aryl methyl sites for hydroxylation is 1. The summed E-state index contributed by atoms with van der Waals surface area (Å²) in [5.41, 5.74) is 2.62. The Balaban J connectivity index is 1.32. The minimum atomic E-state index is -0.679. The van der Waals surface area contributed by atoms with E-state index in [1.807, 2.05) is 48.5 Å². The average molecular weight is 422 g/mol. The number of alkyl carbamates (subject to hydrolysis) is 1. The maximum absolute atomic E-state index is 11.5. The Hall–Kier alpha value is -3.81. The van der Waals surface area contributed by atoms with E-state index in [1.54, 1.807) is 13.4 Å². The number of amides is 1. The predicted octanol–water partition coefficient (Wildman–Crippen LogP) is 3.89. The minimum absolute atomic E-state index is 0.246. The van der Waals surface area contributed by atoms with Gasteiger partial charge in [0.25, 0.3) is 0 Å². The third kappa shape index (κ3) is 5.03. The largest absolute Gasteiger partial charge is 0.493 e. The Kier molecular flexibility index (Phi) is 6.16. The number of oxazole rings is 1. The number of benzene rings is 2. The molecule has 3 aromatic rings. The van der Waals surface area contributed by atoms with Crippen LogP contribution in [0.3, 0.4) is 0 Å². The van der Waals surface area contributed by atoms with Gasteiger partial charge in [0.2, 0.25) is 5.89 Å². The fourth-order valence-corrected chi connectivity index (χ4v) is 3.32. The van der Waals surface area contributed by atoms with Gasteiger partial charge >= 0.3 is 12.1 Å². The van der Waals surface area contributed by atoms with Gasteiger partial charge in [0.1, 0.15) is 24.6 Å². The first-order valence-electron chi connectivity index (χ1n) is 9.94. The monoisotopic (exact) mass is 422 g/mol. The van der Waals surface area contributed by atoms with E-state index in [9.17, 15) is 9.59 Å². The lowest BCUT2D eigenvalue weighted by atomic mass is 10.0. The summed E-state index contributed by atoms with van der Waals surface area (Å²) in [6.07, 6.45) is 2.85. The molecule has 1 unspecified atom stereocenters. The number of rotatable bonds is 9.